The first-order chi connectivity index (χ1) is 7.75. The van der Waals surface area contributed by atoms with Crippen molar-refractivity contribution in [2.45, 2.75) is 0 Å². The number of carboxylic acid groups (broad SMARTS) is 1. The first-order valence-electron chi connectivity index (χ1n) is 4.69. The van der Waals surface area contributed by atoms with E-state index < -0.39 is 5.97 Å². The molecule has 0 atom stereocenters. The van der Waals surface area contributed by atoms with Crippen molar-refractivity contribution in [3.63, 3.8) is 0 Å². The van der Waals surface area contributed by atoms with E-state index in [9.17, 15) is 4.79 Å². The lowest BCUT2D eigenvalue weighted by Crippen LogP contribution is -1.91. The Hall–Kier alpha value is -2.36. The van der Waals surface area contributed by atoms with Gasteiger partial charge in [0.05, 0.1) is 0 Å². The molecule has 0 saturated heterocycles. The average molecular weight is 215 g/mol. The summed E-state index contributed by atoms with van der Waals surface area (Å²) >= 11 is 0. The van der Waals surface area contributed by atoms with Gasteiger partial charge in [0.1, 0.15) is 5.69 Å². The Kier molecular flexibility index (Phi) is 2.82. The van der Waals surface area contributed by atoms with Crippen LogP contribution in [-0.4, -0.2) is 16.2 Å². The minimum Gasteiger partial charge on any atom is -0.475 e. The zero-order chi connectivity index (χ0) is 11.4. The van der Waals surface area contributed by atoms with Gasteiger partial charge in [-0.3, -0.25) is 0 Å². The molecule has 4 nitrogen and oxygen atoms in total. The highest BCUT2D eigenvalue weighted by atomic mass is 16.5. The van der Waals surface area contributed by atoms with Gasteiger partial charge in [0, 0.05) is 6.07 Å². The summed E-state index contributed by atoms with van der Waals surface area (Å²) in [4.78, 5) is 10.5. The smallest absolute Gasteiger partial charge is 0.374 e. The second kappa shape index (κ2) is 4.44. The van der Waals surface area contributed by atoms with Crippen molar-refractivity contribution in [2.75, 3.05) is 0 Å². The van der Waals surface area contributed by atoms with Crippen molar-refractivity contribution in [3.05, 3.63) is 53.4 Å². The first-order valence-corrected chi connectivity index (χ1v) is 4.69. The van der Waals surface area contributed by atoms with E-state index in [4.69, 9.17) is 5.11 Å². The SMILES string of the molecule is O=C(O)c1cc(/C=C/c2ccccc2)no1. The fourth-order valence-electron chi connectivity index (χ4n) is 1.21. The maximum atomic E-state index is 10.5. The molecule has 0 fully saturated rings. The molecule has 16 heavy (non-hydrogen) atoms. The number of carboxylic acids is 1. The summed E-state index contributed by atoms with van der Waals surface area (Å²) in [6.07, 6.45) is 3.54. The topological polar surface area (TPSA) is 63.3 Å². The van der Waals surface area contributed by atoms with Gasteiger partial charge in [0.25, 0.3) is 0 Å². The van der Waals surface area contributed by atoms with Gasteiger partial charge in [0.2, 0.25) is 5.76 Å². The van der Waals surface area contributed by atoms with E-state index in [-0.39, 0.29) is 5.76 Å². The van der Waals surface area contributed by atoms with Crippen LogP contribution in [0, 0.1) is 0 Å². The number of hydrogen-bond donors (Lipinski definition) is 1. The zero-order valence-electron chi connectivity index (χ0n) is 8.33. The molecule has 1 heterocycles. The number of aromatic nitrogens is 1. The van der Waals surface area contributed by atoms with Crippen LogP contribution in [0.3, 0.4) is 0 Å². The number of benzene rings is 1. The third-order valence-corrected chi connectivity index (χ3v) is 1.99. The maximum Gasteiger partial charge on any atom is 0.374 e. The van der Waals surface area contributed by atoms with Gasteiger partial charge in [-0.1, -0.05) is 41.6 Å². The van der Waals surface area contributed by atoms with Gasteiger partial charge >= 0.3 is 5.97 Å². The number of rotatable bonds is 3. The van der Waals surface area contributed by atoms with Crippen molar-refractivity contribution < 1.29 is 14.4 Å². The highest BCUT2D eigenvalue weighted by molar-refractivity contribution is 5.85. The van der Waals surface area contributed by atoms with E-state index in [1.807, 2.05) is 36.4 Å². The number of carbonyl (C=O) groups is 1. The van der Waals surface area contributed by atoms with Crippen LogP contribution in [0.1, 0.15) is 21.8 Å². The Morgan fingerprint density at radius 3 is 2.62 bits per heavy atom. The second-order valence-corrected chi connectivity index (χ2v) is 3.17. The van der Waals surface area contributed by atoms with Crippen molar-refractivity contribution in [1.29, 1.82) is 0 Å². The highest BCUT2D eigenvalue weighted by Gasteiger charge is 2.08. The summed E-state index contributed by atoms with van der Waals surface area (Å²) in [7, 11) is 0. The fraction of sp³-hybridized carbons (Fsp3) is 0. The predicted molar refractivity (Wildman–Crippen MR) is 58.8 cm³/mol. The number of nitrogens with zero attached hydrogens (tertiary/aromatic N) is 1. The van der Waals surface area contributed by atoms with Gasteiger partial charge in [-0.15, -0.1) is 0 Å². The Balaban J connectivity index is 2.15. The molecule has 0 unspecified atom stereocenters. The standard InChI is InChI=1S/C12H9NO3/c14-12(15)11-8-10(13-16-11)7-6-9-4-2-1-3-5-9/h1-8H,(H,14,15)/b7-6+. The van der Waals surface area contributed by atoms with Gasteiger partial charge < -0.3 is 9.63 Å². The van der Waals surface area contributed by atoms with Crippen LogP contribution in [-0.2, 0) is 0 Å². The molecule has 0 amide bonds. The molecule has 80 valence electrons. The lowest BCUT2D eigenvalue weighted by atomic mass is 10.2. The molecule has 1 aromatic heterocycles. The van der Waals surface area contributed by atoms with Gasteiger partial charge in [-0.2, -0.15) is 0 Å². The van der Waals surface area contributed by atoms with Gasteiger partial charge in [-0.25, -0.2) is 4.79 Å². The maximum absolute atomic E-state index is 10.5. The molecule has 0 bridgehead atoms. The number of aromatic carboxylic acids is 1. The summed E-state index contributed by atoms with van der Waals surface area (Å²) in [6.45, 7) is 0. The fourth-order valence-corrected chi connectivity index (χ4v) is 1.21. The molecule has 0 saturated carbocycles. The van der Waals surface area contributed by atoms with Crippen LogP contribution in [0.2, 0.25) is 0 Å². The van der Waals surface area contributed by atoms with E-state index in [0.717, 1.165) is 5.56 Å². The van der Waals surface area contributed by atoms with E-state index in [1.165, 1.54) is 6.07 Å². The lowest BCUT2D eigenvalue weighted by molar-refractivity contribution is 0.0652. The van der Waals surface area contributed by atoms with Crippen LogP contribution >= 0.6 is 0 Å². The van der Waals surface area contributed by atoms with E-state index in [2.05, 4.69) is 9.68 Å². The minimum atomic E-state index is -1.12. The third kappa shape index (κ3) is 2.36. The predicted octanol–water partition coefficient (Wildman–Crippen LogP) is 2.54. The molecule has 0 aliphatic heterocycles. The molecule has 0 aliphatic rings. The summed E-state index contributed by atoms with van der Waals surface area (Å²) in [6, 6.07) is 11.0. The van der Waals surface area contributed by atoms with Gasteiger partial charge in [-0.05, 0) is 11.6 Å². The molecular weight excluding hydrogens is 206 g/mol. The van der Waals surface area contributed by atoms with Crippen molar-refractivity contribution in [1.82, 2.24) is 5.16 Å². The van der Waals surface area contributed by atoms with Gasteiger partial charge in [0.15, 0.2) is 0 Å². The molecule has 2 aromatic rings. The monoisotopic (exact) mass is 215 g/mol. The molecule has 1 aromatic carbocycles. The molecule has 0 spiro atoms. The normalized spacial score (nSPS) is 10.8. The van der Waals surface area contributed by atoms with E-state index in [0.29, 0.717) is 5.69 Å². The first kappa shape index (κ1) is 10.2. The van der Waals surface area contributed by atoms with Crippen LogP contribution in [0.15, 0.2) is 40.9 Å². The van der Waals surface area contributed by atoms with Crippen LogP contribution in [0.5, 0.6) is 0 Å². The average Bonchev–Trinajstić information content (AvgIpc) is 2.76. The molecule has 1 N–H and O–H groups in total. The van der Waals surface area contributed by atoms with Crippen molar-refractivity contribution >= 4 is 18.1 Å². The molecule has 0 radical (unpaired) electrons. The summed E-state index contributed by atoms with van der Waals surface area (Å²) in [5, 5.41) is 12.2. The molecule has 0 aliphatic carbocycles. The van der Waals surface area contributed by atoms with E-state index in [1.54, 1.807) is 6.08 Å². The third-order valence-electron chi connectivity index (χ3n) is 1.99. The Morgan fingerprint density at radius 1 is 1.25 bits per heavy atom. The quantitative estimate of drug-likeness (QED) is 0.854. The summed E-state index contributed by atoms with van der Waals surface area (Å²) < 4.78 is 4.61. The van der Waals surface area contributed by atoms with Crippen LogP contribution in [0.4, 0.5) is 0 Å². The Morgan fingerprint density at radius 2 is 2.00 bits per heavy atom. The van der Waals surface area contributed by atoms with Crippen LogP contribution in [0.25, 0.3) is 12.2 Å². The lowest BCUT2D eigenvalue weighted by Gasteiger charge is -1.88. The summed E-state index contributed by atoms with van der Waals surface area (Å²) in [5.41, 5.74) is 1.50. The van der Waals surface area contributed by atoms with E-state index >= 15 is 0 Å². The van der Waals surface area contributed by atoms with Crippen molar-refractivity contribution in [2.24, 2.45) is 0 Å². The van der Waals surface area contributed by atoms with Crippen molar-refractivity contribution in [3.8, 4) is 0 Å². The minimum absolute atomic E-state index is 0.160. The Bertz CT molecular complexity index is 514. The molecular formula is C12H9NO3. The molecule has 2 rings (SSSR count). The molecule has 4 heteroatoms. The zero-order valence-corrected chi connectivity index (χ0v) is 8.33. The largest absolute Gasteiger partial charge is 0.475 e. The number of hydrogen-bond acceptors (Lipinski definition) is 3. The Labute approximate surface area is 91.8 Å². The highest BCUT2D eigenvalue weighted by Crippen LogP contribution is 2.08. The summed E-state index contributed by atoms with van der Waals surface area (Å²) in [5.74, 6) is -1.28. The van der Waals surface area contributed by atoms with Crippen LogP contribution < -0.4 is 0 Å². The second-order valence-electron chi connectivity index (χ2n) is 3.17.